The highest BCUT2D eigenvalue weighted by molar-refractivity contribution is 6.42. The first-order valence-electron chi connectivity index (χ1n) is 7.48. The molecule has 0 aliphatic carbocycles. The molecule has 3 heteroatoms. The molecule has 2 aromatic rings. The molecular formula is C20H20Cl2O. The normalized spacial score (nSPS) is 11.3. The Morgan fingerprint density at radius 3 is 1.87 bits per heavy atom. The van der Waals surface area contributed by atoms with Gasteiger partial charge in [-0.05, 0) is 86.2 Å². The van der Waals surface area contributed by atoms with Crippen LogP contribution in [0.1, 0.15) is 43.7 Å². The van der Waals surface area contributed by atoms with Gasteiger partial charge >= 0.3 is 0 Å². The first-order valence-corrected chi connectivity index (χ1v) is 8.24. The lowest BCUT2D eigenvalue weighted by Crippen LogP contribution is -2.07. The molecule has 0 aromatic heterocycles. The fraction of sp³-hybridized carbons (Fsp3) is 0.250. The minimum Gasteiger partial charge on any atom is -0.289 e. The van der Waals surface area contributed by atoms with Gasteiger partial charge in [0.15, 0.2) is 5.78 Å². The molecule has 0 amide bonds. The topological polar surface area (TPSA) is 17.1 Å². The van der Waals surface area contributed by atoms with Crippen LogP contribution in [0.25, 0.3) is 6.08 Å². The summed E-state index contributed by atoms with van der Waals surface area (Å²) in [5.41, 5.74) is 7.36. The van der Waals surface area contributed by atoms with E-state index >= 15 is 0 Å². The van der Waals surface area contributed by atoms with Crippen molar-refractivity contribution >= 4 is 35.1 Å². The molecule has 2 aromatic carbocycles. The fourth-order valence-electron chi connectivity index (χ4n) is 2.74. The predicted molar refractivity (Wildman–Crippen MR) is 100.0 cm³/mol. The van der Waals surface area contributed by atoms with Gasteiger partial charge < -0.3 is 0 Å². The van der Waals surface area contributed by atoms with Crippen LogP contribution in [-0.4, -0.2) is 5.78 Å². The third-order valence-corrected chi connectivity index (χ3v) is 5.36. The Hall–Kier alpha value is -1.57. The highest BCUT2D eigenvalue weighted by atomic mass is 35.5. The van der Waals surface area contributed by atoms with Gasteiger partial charge in [0.1, 0.15) is 0 Å². The van der Waals surface area contributed by atoms with E-state index in [1.54, 1.807) is 24.3 Å². The van der Waals surface area contributed by atoms with Crippen LogP contribution in [-0.2, 0) is 0 Å². The summed E-state index contributed by atoms with van der Waals surface area (Å²) < 4.78 is 0. The molecule has 0 atom stereocenters. The van der Waals surface area contributed by atoms with Gasteiger partial charge in [0.05, 0.1) is 10.0 Å². The van der Waals surface area contributed by atoms with Crippen LogP contribution in [0.3, 0.4) is 0 Å². The van der Waals surface area contributed by atoms with Crippen molar-refractivity contribution < 1.29 is 4.79 Å². The second kappa shape index (κ2) is 6.90. The average Bonchev–Trinajstić information content (AvgIpc) is 2.52. The van der Waals surface area contributed by atoms with E-state index in [2.05, 4.69) is 20.8 Å². The Kier molecular flexibility index (Phi) is 5.33. The largest absolute Gasteiger partial charge is 0.289 e. The van der Waals surface area contributed by atoms with Gasteiger partial charge in [-0.15, -0.1) is 0 Å². The van der Waals surface area contributed by atoms with E-state index in [1.165, 1.54) is 16.7 Å². The molecule has 0 saturated carbocycles. The Labute approximate surface area is 147 Å². The molecule has 0 bridgehead atoms. The van der Waals surface area contributed by atoms with Crippen molar-refractivity contribution in [2.24, 2.45) is 0 Å². The van der Waals surface area contributed by atoms with Crippen LogP contribution in [0.2, 0.25) is 10.0 Å². The van der Waals surface area contributed by atoms with Crippen molar-refractivity contribution in [3.05, 3.63) is 73.3 Å². The summed E-state index contributed by atoms with van der Waals surface area (Å²) >= 11 is 11.9. The third-order valence-electron chi connectivity index (χ3n) is 4.62. The molecule has 0 N–H and O–H groups in total. The molecule has 0 fully saturated rings. The Bertz CT molecular complexity index is 788. The SMILES string of the molecule is Cc1c(C)c(C)c(C(=O)C=Cc2ccc(Cl)c(Cl)c2)c(C)c1C. The molecule has 0 radical (unpaired) electrons. The van der Waals surface area contributed by atoms with Crippen LogP contribution in [0.15, 0.2) is 24.3 Å². The summed E-state index contributed by atoms with van der Waals surface area (Å²) in [5, 5.41) is 0.988. The van der Waals surface area contributed by atoms with Crippen molar-refractivity contribution in [3.8, 4) is 0 Å². The summed E-state index contributed by atoms with van der Waals surface area (Å²) in [4.78, 5) is 12.7. The van der Waals surface area contributed by atoms with E-state index in [-0.39, 0.29) is 5.78 Å². The Morgan fingerprint density at radius 1 is 0.826 bits per heavy atom. The number of ketones is 1. The highest BCUT2D eigenvalue weighted by Gasteiger charge is 2.16. The molecular weight excluding hydrogens is 327 g/mol. The summed E-state index contributed by atoms with van der Waals surface area (Å²) in [6.45, 7) is 10.3. The summed E-state index contributed by atoms with van der Waals surface area (Å²) in [5.74, 6) is 0.0114. The number of benzene rings is 2. The molecule has 0 aliphatic heterocycles. The second-order valence-corrected chi connectivity index (χ2v) is 6.69. The van der Waals surface area contributed by atoms with Crippen molar-refractivity contribution in [2.75, 3.05) is 0 Å². The number of carbonyl (C=O) groups is 1. The quantitative estimate of drug-likeness (QED) is 0.462. The molecule has 0 spiro atoms. The molecule has 0 aliphatic rings. The minimum absolute atomic E-state index is 0.0114. The summed E-state index contributed by atoms with van der Waals surface area (Å²) in [7, 11) is 0. The number of hydrogen-bond acceptors (Lipinski definition) is 1. The van der Waals surface area contributed by atoms with E-state index in [0.717, 1.165) is 22.3 Å². The predicted octanol–water partition coefficient (Wildman–Crippen LogP) is 6.43. The fourth-order valence-corrected chi connectivity index (χ4v) is 3.05. The molecule has 1 nitrogen and oxygen atoms in total. The summed E-state index contributed by atoms with van der Waals surface area (Å²) in [6, 6.07) is 5.31. The van der Waals surface area contributed by atoms with E-state index in [1.807, 2.05) is 19.9 Å². The third kappa shape index (κ3) is 3.52. The average molecular weight is 347 g/mol. The zero-order valence-electron chi connectivity index (χ0n) is 14.1. The number of halogens is 2. The van der Waals surface area contributed by atoms with Crippen LogP contribution < -0.4 is 0 Å². The number of carbonyl (C=O) groups excluding carboxylic acids is 1. The minimum atomic E-state index is 0.0114. The smallest absolute Gasteiger partial charge is 0.186 e. The highest BCUT2D eigenvalue weighted by Crippen LogP contribution is 2.27. The van der Waals surface area contributed by atoms with E-state index in [4.69, 9.17) is 23.2 Å². The monoisotopic (exact) mass is 346 g/mol. The lowest BCUT2D eigenvalue weighted by Gasteiger charge is -2.16. The van der Waals surface area contributed by atoms with E-state index < -0.39 is 0 Å². The van der Waals surface area contributed by atoms with Gasteiger partial charge in [0, 0.05) is 5.56 Å². The van der Waals surface area contributed by atoms with Crippen molar-refractivity contribution in [2.45, 2.75) is 34.6 Å². The van der Waals surface area contributed by atoms with Crippen LogP contribution in [0.4, 0.5) is 0 Å². The van der Waals surface area contributed by atoms with Crippen LogP contribution in [0, 0.1) is 34.6 Å². The van der Waals surface area contributed by atoms with E-state index in [0.29, 0.717) is 10.0 Å². The number of hydrogen-bond donors (Lipinski definition) is 0. The molecule has 0 saturated heterocycles. The van der Waals surface area contributed by atoms with Gasteiger partial charge in [-0.2, -0.15) is 0 Å². The molecule has 0 unspecified atom stereocenters. The first-order chi connectivity index (χ1) is 10.7. The van der Waals surface area contributed by atoms with Crippen molar-refractivity contribution in [1.29, 1.82) is 0 Å². The lowest BCUT2D eigenvalue weighted by atomic mass is 9.87. The number of rotatable bonds is 3. The Morgan fingerprint density at radius 2 is 1.35 bits per heavy atom. The van der Waals surface area contributed by atoms with Gasteiger partial charge in [0.2, 0.25) is 0 Å². The van der Waals surface area contributed by atoms with E-state index in [9.17, 15) is 4.79 Å². The lowest BCUT2D eigenvalue weighted by molar-refractivity contribution is 0.104. The maximum absolute atomic E-state index is 12.7. The molecule has 120 valence electrons. The molecule has 2 rings (SSSR count). The number of allylic oxidation sites excluding steroid dienone is 1. The second-order valence-electron chi connectivity index (χ2n) is 5.87. The maximum atomic E-state index is 12.7. The first kappa shape index (κ1) is 17.8. The van der Waals surface area contributed by atoms with Crippen LogP contribution in [0.5, 0.6) is 0 Å². The maximum Gasteiger partial charge on any atom is 0.186 e. The van der Waals surface area contributed by atoms with Crippen molar-refractivity contribution in [1.82, 2.24) is 0 Å². The van der Waals surface area contributed by atoms with Gasteiger partial charge in [-0.1, -0.05) is 35.3 Å². The molecule has 0 heterocycles. The van der Waals surface area contributed by atoms with Gasteiger partial charge in [-0.25, -0.2) is 0 Å². The molecule has 23 heavy (non-hydrogen) atoms. The van der Waals surface area contributed by atoms with Crippen molar-refractivity contribution in [3.63, 3.8) is 0 Å². The van der Waals surface area contributed by atoms with Gasteiger partial charge in [-0.3, -0.25) is 4.79 Å². The van der Waals surface area contributed by atoms with Crippen LogP contribution >= 0.6 is 23.2 Å². The zero-order chi connectivity index (χ0) is 17.3. The Balaban J connectivity index is 2.42. The van der Waals surface area contributed by atoms with Gasteiger partial charge in [0.25, 0.3) is 0 Å². The summed E-state index contributed by atoms with van der Waals surface area (Å²) in [6.07, 6.45) is 3.37. The zero-order valence-corrected chi connectivity index (χ0v) is 15.6. The standard InChI is InChI=1S/C20H20Cl2O/c1-11-12(2)14(4)20(15(5)13(11)3)19(23)9-7-16-6-8-17(21)18(22)10-16/h6-10H,1-5H3.